The molecule has 5 heterocycles. The van der Waals surface area contributed by atoms with Gasteiger partial charge >= 0.3 is 0 Å². The topological polar surface area (TPSA) is 56.4 Å². The molecule has 0 spiro atoms. The van der Waals surface area contributed by atoms with Crippen LogP contribution in [0.5, 0.6) is 0 Å². The minimum absolute atomic E-state index is 0. The van der Waals surface area contributed by atoms with Crippen molar-refractivity contribution in [1.82, 2.24) is 4.98 Å². The van der Waals surface area contributed by atoms with Gasteiger partial charge in [-0.3, -0.25) is 0 Å². The molecule has 0 fully saturated rings. The molecule has 9 rings (SSSR count). The van der Waals surface area contributed by atoms with Gasteiger partial charge in [-0.25, -0.2) is 0 Å². The summed E-state index contributed by atoms with van der Waals surface area (Å²) in [6, 6.07) is 38.9. The summed E-state index contributed by atoms with van der Waals surface area (Å²) in [5.41, 5.74) is 16.7. The van der Waals surface area contributed by atoms with Gasteiger partial charge in [0.05, 0.1) is 0 Å². The second kappa shape index (κ2) is 14.2. The van der Waals surface area contributed by atoms with Gasteiger partial charge in [-0.1, -0.05) is 197 Å². The van der Waals surface area contributed by atoms with Crippen LogP contribution in [-0.4, -0.2) is 18.1 Å². The number of aromatic nitrogens is 1. The Balaban J connectivity index is 0.00000400. The molecule has 0 saturated heterocycles. The molecule has 4 aliphatic heterocycles. The van der Waals surface area contributed by atoms with E-state index in [2.05, 4.69) is 167 Å². The van der Waals surface area contributed by atoms with Crippen molar-refractivity contribution in [2.45, 2.75) is 52.2 Å². The van der Waals surface area contributed by atoms with Crippen molar-refractivity contribution < 1.29 is 19.5 Å². The largest absolute Gasteiger partial charge is 0.678 e. The second-order valence-corrected chi connectivity index (χ2v) is 14.4. The number of fused-ring (bicyclic) bond motifs is 8. The fraction of sp³-hybridized carbons (Fsp3) is 0.167. The number of rotatable bonds is 4. The molecule has 0 saturated carbocycles. The van der Waals surface area contributed by atoms with Crippen molar-refractivity contribution >= 4 is 22.3 Å². The zero-order chi connectivity index (χ0) is 35.3. The van der Waals surface area contributed by atoms with Crippen LogP contribution in [0.2, 0.25) is 0 Å². The van der Waals surface area contributed by atoms with Crippen LogP contribution >= 0.6 is 0 Å². The Morgan fingerprint density at radius 1 is 0.453 bits per heavy atom. The van der Waals surface area contributed by atoms with E-state index >= 15 is 0 Å². The van der Waals surface area contributed by atoms with Gasteiger partial charge in [0, 0.05) is 19.5 Å². The van der Waals surface area contributed by atoms with E-state index in [0.717, 1.165) is 78.8 Å². The number of aryl methyl sites for hydroxylation is 4. The molecule has 4 aliphatic rings. The number of hydrogen-bond acceptors (Lipinski definition) is 0. The average Bonchev–Trinajstić information content (AvgIpc) is 3.99. The van der Waals surface area contributed by atoms with Crippen LogP contribution < -0.4 is 15.7 Å². The molecule has 0 amide bonds. The maximum Gasteiger partial charge on any atom is 0 e. The maximum absolute atomic E-state index is 5.53. The van der Waals surface area contributed by atoms with Gasteiger partial charge < -0.3 is 20.9 Å². The molecule has 0 aliphatic carbocycles. The van der Waals surface area contributed by atoms with Gasteiger partial charge in [0.15, 0.2) is 0 Å². The third-order valence-corrected chi connectivity index (χ3v) is 10.6. The summed E-state index contributed by atoms with van der Waals surface area (Å²) in [6.07, 6.45) is 11.9. The Morgan fingerprint density at radius 2 is 0.868 bits per heavy atom. The molecule has 3 atom stereocenters. The predicted molar refractivity (Wildman–Crippen MR) is 215 cm³/mol. The van der Waals surface area contributed by atoms with Gasteiger partial charge in [-0.05, 0) is 61.9 Å². The molecule has 5 aromatic rings. The third kappa shape index (κ3) is 6.60. The summed E-state index contributed by atoms with van der Waals surface area (Å²) in [5.74, 6) is 0. The van der Waals surface area contributed by atoms with Crippen LogP contribution in [0.4, 0.5) is 0 Å². The fourth-order valence-corrected chi connectivity index (χ4v) is 7.77. The molecule has 8 bridgehead atoms. The summed E-state index contributed by atoms with van der Waals surface area (Å²) >= 11 is 0. The zero-order valence-corrected chi connectivity index (χ0v) is 33.7. The standard InChI is InChI=1S/C48H40N4.Zn/c1-29-5-13-33(14-6-29)45-37-21-23-39(49-37)46(34-15-7-30(2)8-16-34)41-25-27-43(51-41)48(36-19-11-32(4)12-20-36)44-28-26-42(52-44)47(40-24-22-38(45)50-40)35-17-9-31(3)10-18-35;/h5-27,38,41,44H,28H2,1-4H3;/q-4;/b45-37-,46-39-,47-40-,48-43-;. The number of nitrogens with zero attached hydrogens (tertiary/aromatic N) is 4. The molecule has 0 N–H and O–H groups in total. The van der Waals surface area contributed by atoms with Gasteiger partial charge in [-0.15, -0.1) is 27.8 Å². The number of benzene rings is 4. The molecule has 1 aromatic heterocycles. The van der Waals surface area contributed by atoms with E-state index in [1.807, 2.05) is 0 Å². The quantitative estimate of drug-likeness (QED) is 0.170. The van der Waals surface area contributed by atoms with Crippen LogP contribution in [-0.2, 0) is 19.5 Å². The van der Waals surface area contributed by atoms with Gasteiger partial charge in [0.25, 0.3) is 0 Å². The molecule has 53 heavy (non-hydrogen) atoms. The van der Waals surface area contributed by atoms with E-state index in [0.29, 0.717) is 0 Å². The molecule has 258 valence electrons. The van der Waals surface area contributed by atoms with E-state index in [1.54, 1.807) is 0 Å². The van der Waals surface area contributed by atoms with Gasteiger partial charge in [0.2, 0.25) is 0 Å². The Hall–Kier alpha value is -5.38. The molecular weight excluding hydrogens is 698 g/mol. The van der Waals surface area contributed by atoms with Crippen molar-refractivity contribution in [3.05, 3.63) is 228 Å². The van der Waals surface area contributed by atoms with Crippen LogP contribution in [0, 0.1) is 27.7 Å². The first kappa shape index (κ1) is 34.7. The Kier molecular flexibility index (Phi) is 9.31. The van der Waals surface area contributed by atoms with Crippen LogP contribution in [0.15, 0.2) is 157 Å². The van der Waals surface area contributed by atoms with Gasteiger partial charge in [-0.2, -0.15) is 0 Å². The first-order chi connectivity index (χ1) is 25.4. The number of hydrogen-bond donors (Lipinski definition) is 0. The molecule has 5 heteroatoms. The summed E-state index contributed by atoms with van der Waals surface area (Å²) < 4.78 is 0. The zero-order valence-electron chi connectivity index (χ0n) is 30.7. The monoisotopic (exact) mass is 736 g/mol. The second-order valence-electron chi connectivity index (χ2n) is 14.4. The fourth-order valence-electron chi connectivity index (χ4n) is 7.77. The Bertz CT molecular complexity index is 2470. The van der Waals surface area contributed by atoms with Crippen LogP contribution in [0.3, 0.4) is 0 Å². The minimum Gasteiger partial charge on any atom is -0.678 e. The Labute approximate surface area is 325 Å². The Morgan fingerprint density at radius 3 is 1.36 bits per heavy atom. The molecule has 4 aromatic carbocycles. The van der Waals surface area contributed by atoms with Crippen molar-refractivity contribution in [2.75, 3.05) is 0 Å². The van der Waals surface area contributed by atoms with Crippen molar-refractivity contribution in [3.8, 4) is 0 Å². The van der Waals surface area contributed by atoms with E-state index in [1.165, 1.54) is 22.3 Å². The first-order valence-corrected chi connectivity index (χ1v) is 18.2. The van der Waals surface area contributed by atoms with Crippen molar-refractivity contribution in [1.29, 1.82) is 0 Å². The molecule has 4 nitrogen and oxygen atoms in total. The smallest absolute Gasteiger partial charge is 0 e. The van der Waals surface area contributed by atoms with Crippen molar-refractivity contribution in [2.24, 2.45) is 0 Å². The summed E-state index contributed by atoms with van der Waals surface area (Å²) in [6.45, 7) is 8.51. The summed E-state index contributed by atoms with van der Waals surface area (Å²) in [4.78, 5) is 5.43. The predicted octanol–water partition coefficient (Wildman–Crippen LogP) is 9.76. The minimum atomic E-state index is -0.208. The van der Waals surface area contributed by atoms with E-state index < -0.39 is 0 Å². The van der Waals surface area contributed by atoms with E-state index in [4.69, 9.17) is 20.9 Å². The number of allylic oxidation sites excluding steroid dienone is 3. The molecular formula is C48H40N4Zn-4. The van der Waals surface area contributed by atoms with E-state index in [-0.39, 0.29) is 37.6 Å². The first-order valence-electron chi connectivity index (χ1n) is 18.2. The van der Waals surface area contributed by atoms with Crippen molar-refractivity contribution in [3.63, 3.8) is 0 Å². The SMILES string of the molecule is Cc1ccc(/C2=C3\C=CC([N-]3)/C(c3ccc(C)cc3)=c3/cc/c([n-]3)=C(\c3ccc(C)cc3)C3C=C/C(=C(\c4ccc(C)cc4)C4CC=C2[N-]4)[N-]3)cc1.[Zn]. The van der Waals surface area contributed by atoms with Crippen LogP contribution in [0.25, 0.3) is 38.2 Å². The normalized spacial score (nSPS) is 25.0. The maximum atomic E-state index is 5.53. The van der Waals surface area contributed by atoms with E-state index in [9.17, 15) is 0 Å². The molecule has 3 unspecified atom stereocenters. The summed E-state index contributed by atoms with van der Waals surface area (Å²) in [5, 5.41) is 18.4. The molecule has 0 radical (unpaired) electrons. The average molecular weight is 738 g/mol. The van der Waals surface area contributed by atoms with Gasteiger partial charge in [0.1, 0.15) is 0 Å². The van der Waals surface area contributed by atoms with Crippen LogP contribution in [0.1, 0.15) is 50.9 Å². The third-order valence-electron chi connectivity index (χ3n) is 10.6. The summed E-state index contributed by atoms with van der Waals surface area (Å²) in [7, 11) is 0.